The maximum atomic E-state index is 13.8. The molecular weight excluding hydrogens is 390 g/mol. The van der Waals surface area contributed by atoms with E-state index in [2.05, 4.69) is 37.5 Å². The van der Waals surface area contributed by atoms with Crippen LogP contribution in [-0.4, -0.2) is 12.8 Å². The van der Waals surface area contributed by atoms with E-state index in [1.54, 1.807) is 0 Å². The minimum atomic E-state index is -0.347. The number of anilines is 1. The Kier molecular flexibility index (Phi) is 5.13. The number of halogens is 1. The zero-order chi connectivity index (χ0) is 21.5. The Balaban J connectivity index is 1.97. The molecule has 1 aliphatic rings. The fourth-order valence-corrected chi connectivity index (χ4v) is 4.48. The Morgan fingerprint density at radius 1 is 0.867 bits per heavy atom. The normalized spacial score (nSPS) is 16.2. The summed E-state index contributed by atoms with van der Waals surface area (Å²) in [5, 5.41) is 0.654. The van der Waals surface area contributed by atoms with E-state index in [1.807, 2.05) is 73.8 Å². The highest BCUT2D eigenvalue weighted by Crippen LogP contribution is 2.49. The van der Waals surface area contributed by atoms with Crippen LogP contribution in [0.1, 0.15) is 35.3 Å². The molecule has 0 bridgehead atoms. The van der Waals surface area contributed by atoms with Gasteiger partial charge in [0.15, 0.2) is 5.78 Å². The number of hydrogen-bond acceptors (Lipinski definition) is 2. The molecule has 0 amide bonds. The summed E-state index contributed by atoms with van der Waals surface area (Å²) in [5.41, 5.74) is 5.78. The van der Waals surface area contributed by atoms with Crippen LogP contribution in [0, 0.1) is 0 Å². The molecule has 0 fully saturated rings. The Bertz CT molecular complexity index is 1160. The summed E-state index contributed by atoms with van der Waals surface area (Å²) in [5.74, 6) is -0.0294. The Morgan fingerprint density at radius 2 is 1.47 bits per heavy atom. The molecule has 0 unspecified atom stereocenters. The molecule has 3 aromatic rings. The number of Topliss-reactive ketones (excluding diaryl/α,β-unsaturated/α-hetero) is 1. The first-order valence-electron chi connectivity index (χ1n) is 9.95. The van der Waals surface area contributed by atoms with E-state index in [0.29, 0.717) is 21.7 Å². The molecule has 1 heterocycles. The number of rotatable bonds is 4. The predicted molar refractivity (Wildman–Crippen MR) is 126 cm³/mol. The molecule has 0 spiro atoms. The highest BCUT2D eigenvalue weighted by molar-refractivity contribution is 6.30. The van der Waals surface area contributed by atoms with Crippen molar-refractivity contribution in [1.82, 2.24) is 0 Å². The number of likely N-dealkylation sites (N-methyl/N-ethyl adjacent to an activating group) is 1. The minimum Gasteiger partial charge on any atom is -0.346 e. The first-order chi connectivity index (χ1) is 14.3. The van der Waals surface area contributed by atoms with E-state index >= 15 is 0 Å². The predicted octanol–water partition coefficient (Wildman–Crippen LogP) is 6.92. The van der Waals surface area contributed by atoms with Crippen LogP contribution >= 0.6 is 11.6 Å². The van der Waals surface area contributed by atoms with Crippen molar-refractivity contribution in [2.24, 2.45) is 0 Å². The first-order valence-corrected chi connectivity index (χ1v) is 10.3. The van der Waals surface area contributed by atoms with Crippen molar-refractivity contribution in [2.75, 3.05) is 11.9 Å². The second-order valence-corrected chi connectivity index (χ2v) is 8.54. The molecule has 0 saturated heterocycles. The van der Waals surface area contributed by atoms with E-state index in [1.165, 1.54) is 5.56 Å². The average molecular weight is 414 g/mol. The fraction of sp³-hybridized carbons (Fsp3) is 0.148. The molecule has 3 heteroatoms. The zero-order valence-electron chi connectivity index (χ0n) is 17.4. The van der Waals surface area contributed by atoms with Gasteiger partial charge in [0.1, 0.15) is 0 Å². The lowest BCUT2D eigenvalue weighted by atomic mass is 9.78. The van der Waals surface area contributed by atoms with Crippen molar-refractivity contribution in [3.63, 3.8) is 0 Å². The number of para-hydroxylation sites is 1. The van der Waals surface area contributed by atoms with Crippen LogP contribution in [0.15, 0.2) is 96.7 Å². The van der Waals surface area contributed by atoms with Gasteiger partial charge in [-0.05, 0) is 34.9 Å². The number of fused-ring (bicyclic) bond motifs is 1. The van der Waals surface area contributed by atoms with Gasteiger partial charge in [0.05, 0.1) is 5.57 Å². The van der Waals surface area contributed by atoms with Crippen molar-refractivity contribution in [2.45, 2.75) is 19.3 Å². The van der Waals surface area contributed by atoms with E-state index in [-0.39, 0.29) is 11.2 Å². The molecule has 30 heavy (non-hydrogen) atoms. The maximum absolute atomic E-state index is 13.8. The topological polar surface area (TPSA) is 20.3 Å². The lowest BCUT2D eigenvalue weighted by Crippen LogP contribution is -2.27. The number of carbonyl (C=O) groups excluding carboxylic acids is 1. The molecule has 150 valence electrons. The lowest BCUT2D eigenvalue weighted by Gasteiger charge is -2.28. The quantitative estimate of drug-likeness (QED) is 0.342. The van der Waals surface area contributed by atoms with Crippen LogP contribution in [0.25, 0.3) is 5.57 Å². The molecule has 3 aromatic carbocycles. The first kappa shape index (κ1) is 20.2. The number of benzene rings is 3. The molecule has 0 N–H and O–H groups in total. The summed E-state index contributed by atoms with van der Waals surface area (Å²) in [6.07, 6.45) is 0. The van der Waals surface area contributed by atoms with E-state index < -0.39 is 0 Å². The zero-order valence-corrected chi connectivity index (χ0v) is 18.2. The van der Waals surface area contributed by atoms with Crippen LogP contribution in [0.3, 0.4) is 0 Å². The number of ketones is 1. The molecule has 0 radical (unpaired) electrons. The van der Waals surface area contributed by atoms with Gasteiger partial charge in [0, 0.05) is 34.4 Å². The minimum absolute atomic E-state index is 0.0294. The molecule has 0 aromatic heterocycles. The number of nitrogens with zero attached hydrogens (tertiary/aromatic N) is 1. The Labute approximate surface area is 183 Å². The Hall–Kier alpha value is -3.10. The summed E-state index contributed by atoms with van der Waals surface area (Å²) in [6.45, 7) is 8.69. The summed E-state index contributed by atoms with van der Waals surface area (Å²) in [4.78, 5) is 16.0. The van der Waals surface area contributed by atoms with Gasteiger partial charge < -0.3 is 4.90 Å². The van der Waals surface area contributed by atoms with Crippen molar-refractivity contribution < 1.29 is 4.79 Å². The van der Waals surface area contributed by atoms with E-state index in [9.17, 15) is 4.79 Å². The summed E-state index contributed by atoms with van der Waals surface area (Å²) in [7, 11) is 2.02. The van der Waals surface area contributed by atoms with Crippen LogP contribution < -0.4 is 4.90 Å². The van der Waals surface area contributed by atoms with Gasteiger partial charge in [0.2, 0.25) is 0 Å². The SMILES string of the molecule is C=C(/C(C(=O)c1ccccc1)=C1\N(C)c2ccccc2C1(C)C)c1ccc(Cl)cc1. The van der Waals surface area contributed by atoms with Crippen molar-refractivity contribution >= 4 is 28.6 Å². The van der Waals surface area contributed by atoms with Crippen LogP contribution in [0.5, 0.6) is 0 Å². The highest BCUT2D eigenvalue weighted by atomic mass is 35.5. The maximum Gasteiger partial charge on any atom is 0.195 e. The van der Waals surface area contributed by atoms with Gasteiger partial charge >= 0.3 is 0 Å². The van der Waals surface area contributed by atoms with Crippen LogP contribution in [0.4, 0.5) is 5.69 Å². The highest BCUT2D eigenvalue weighted by Gasteiger charge is 2.42. The van der Waals surface area contributed by atoms with Gasteiger partial charge in [-0.1, -0.05) is 92.7 Å². The second-order valence-electron chi connectivity index (χ2n) is 8.11. The third-order valence-corrected chi connectivity index (χ3v) is 6.11. The van der Waals surface area contributed by atoms with Crippen molar-refractivity contribution in [3.05, 3.63) is 118 Å². The smallest absolute Gasteiger partial charge is 0.195 e. The summed E-state index contributed by atoms with van der Waals surface area (Å²) >= 11 is 6.09. The third kappa shape index (κ3) is 3.28. The number of allylic oxidation sites excluding steroid dienone is 3. The average Bonchev–Trinajstić information content (AvgIpc) is 2.96. The fourth-order valence-electron chi connectivity index (χ4n) is 4.36. The van der Waals surface area contributed by atoms with Crippen LogP contribution in [0.2, 0.25) is 5.02 Å². The monoisotopic (exact) mass is 413 g/mol. The molecule has 0 atom stereocenters. The summed E-state index contributed by atoms with van der Waals surface area (Å²) < 4.78 is 0. The van der Waals surface area contributed by atoms with Crippen LogP contribution in [-0.2, 0) is 5.41 Å². The van der Waals surface area contributed by atoms with Gasteiger partial charge in [-0.15, -0.1) is 0 Å². The molecule has 1 aliphatic heterocycles. The van der Waals surface area contributed by atoms with Gasteiger partial charge in [-0.2, -0.15) is 0 Å². The largest absolute Gasteiger partial charge is 0.346 e. The van der Waals surface area contributed by atoms with Crippen molar-refractivity contribution in [3.8, 4) is 0 Å². The molecular formula is C27H24ClNO. The summed E-state index contributed by atoms with van der Waals surface area (Å²) in [6, 6.07) is 25.2. The van der Waals surface area contributed by atoms with Gasteiger partial charge in [0.25, 0.3) is 0 Å². The van der Waals surface area contributed by atoms with Crippen molar-refractivity contribution in [1.29, 1.82) is 0 Å². The lowest BCUT2D eigenvalue weighted by molar-refractivity contribution is 0.103. The number of hydrogen-bond donors (Lipinski definition) is 0. The van der Waals surface area contributed by atoms with Gasteiger partial charge in [-0.3, -0.25) is 4.79 Å². The molecule has 0 aliphatic carbocycles. The third-order valence-electron chi connectivity index (χ3n) is 5.86. The van der Waals surface area contributed by atoms with E-state index in [4.69, 9.17) is 11.6 Å². The molecule has 0 saturated carbocycles. The molecule has 4 rings (SSSR count). The van der Waals surface area contributed by atoms with E-state index in [0.717, 1.165) is 16.9 Å². The molecule has 2 nitrogen and oxygen atoms in total. The standard InChI is InChI=1S/C27H24ClNO/c1-18(19-14-16-21(28)17-15-19)24(25(30)20-10-6-5-7-11-20)26-27(2,3)22-12-8-9-13-23(22)29(26)4/h5-17H,1H2,2-4H3/b26-24+. The van der Waals surface area contributed by atoms with Gasteiger partial charge in [-0.25, -0.2) is 0 Å². The number of carbonyl (C=O) groups is 1. The Morgan fingerprint density at radius 3 is 2.10 bits per heavy atom. The second kappa shape index (κ2) is 7.62.